The standard InChI is InChI=1S/C8H5ClF3NO/c9-7(14)4-2-1-3-5(6(4)13)8(10,11)12/h1-3H,13H2. The maximum Gasteiger partial charge on any atom is 0.418 e. The molecule has 0 amide bonds. The first kappa shape index (κ1) is 10.8. The van der Waals surface area contributed by atoms with E-state index < -0.39 is 22.7 Å². The monoisotopic (exact) mass is 223 g/mol. The predicted molar refractivity (Wildman–Crippen MR) is 46.0 cm³/mol. The Labute approximate surface area is 82.5 Å². The molecular formula is C8H5ClF3NO. The van der Waals surface area contributed by atoms with Gasteiger partial charge in [0.25, 0.3) is 5.24 Å². The van der Waals surface area contributed by atoms with E-state index in [0.29, 0.717) is 0 Å². The van der Waals surface area contributed by atoms with E-state index in [4.69, 9.17) is 17.3 Å². The second kappa shape index (κ2) is 3.49. The van der Waals surface area contributed by atoms with Crippen LogP contribution in [0.25, 0.3) is 0 Å². The first-order valence-corrected chi connectivity index (χ1v) is 3.87. The summed E-state index contributed by atoms with van der Waals surface area (Å²) in [6.07, 6.45) is -4.58. The highest BCUT2D eigenvalue weighted by molar-refractivity contribution is 6.68. The maximum atomic E-state index is 12.3. The van der Waals surface area contributed by atoms with Gasteiger partial charge in [0.15, 0.2) is 0 Å². The van der Waals surface area contributed by atoms with Crippen LogP contribution in [0.1, 0.15) is 15.9 Å². The largest absolute Gasteiger partial charge is 0.418 e. The molecule has 0 heterocycles. The summed E-state index contributed by atoms with van der Waals surface area (Å²) in [5, 5.41) is -1.01. The van der Waals surface area contributed by atoms with Crippen molar-refractivity contribution >= 4 is 22.5 Å². The Bertz CT molecular complexity index is 375. The van der Waals surface area contributed by atoms with E-state index in [-0.39, 0.29) is 5.56 Å². The van der Waals surface area contributed by atoms with Crippen LogP contribution < -0.4 is 5.73 Å². The molecule has 0 fully saturated rings. The highest BCUT2D eigenvalue weighted by Crippen LogP contribution is 2.35. The van der Waals surface area contributed by atoms with Crippen molar-refractivity contribution in [3.05, 3.63) is 29.3 Å². The molecule has 2 N–H and O–H groups in total. The Morgan fingerprint density at radius 2 is 1.93 bits per heavy atom. The zero-order valence-corrected chi connectivity index (χ0v) is 7.49. The second-order valence-corrected chi connectivity index (χ2v) is 2.88. The molecule has 2 nitrogen and oxygen atoms in total. The molecule has 1 rings (SSSR count). The number of hydrogen-bond donors (Lipinski definition) is 1. The van der Waals surface area contributed by atoms with Crippen LogP contribution in [0.5, 0.6) is 0 Å². The van der Waals surface area contributed by atoms with Gasteiger partial charge in [0.2, 0.25) is 0 Å². The smallest absolute Gasteiger partial charge is 0.398 e. The molecule has 76 valence electrons. The van der Waals surface area contributed by atoms with Crippen LogP contribution in [-0.2, 0) is 6.18 Å². The van der Waals surface area contributed by atoms with Gasteiger partial charge in [-0.1, -0.05) is 6.07 Å². The molecule has 1 aromatic rings. The summed E-state index contributed by atoms with van der Waals surface area (Å²) in [6, 6.07) is 3.01. The fourth-order valence-corrected chi connectivity index (χ4v) is 1.15. The third kappa shape index (κ3) is 1.98. The minimum absolute atomic E-state index is 0.332. The molecular weight excluding hydrogens is 219 g/mol. The number of carbonyl (C=O) groups excluding carboxylic acids is 1. The quantitative estimate of drug-likeness (QED) is 0.588. The first-order chi connectivity index (χ1) is 6.34. The molecule has 0 atom stereocenters. The molecule has 0 aromatic heterocycles. The van der Waals surface area contributed by atoms with E-state index in [9.17, 15) is 18.0 Å². The highest BCUT2D eigenvalue weighted by atomic mass is 35.5. The summed E-state index contributed by atoms with van der Waals surface area (Å²) in [5.41, 5.74) is 3.12. The van der Waals surface area contributed by atoms with Crippen molar-refractivity contribution in [2.24, 2.45) is 0 Å². The Morgan fingerprint density at radius 3 is 2.36 bits per heavy atom. The van der Waals surface area contributed by atoms with Gasteiger partial charge in [-0.2, -0.15) is 13.2 Å². The third-order valence-corrected chi connectivity index (χ3v) is 1.83. The van der Waals surface area contributed by atoms with Gasteiger partial charge in [-0.15, -0.1) is 0 Å². The van der Waals surface area contributed by atoms with E-state index in [0.717, 1.165) is 18.2 Å². The molecule has 0 saturated heterocycles. The Morgan fingerprint density at radius 1 is 1.36 bits per heavy atom. The number of anilines is 1. The lowest BCUT2D eigenvalue weighted by Gasteiger charge is -2.11. The SMILES string of the molecule is Nc1c(C(=O)Cl)cccc1C(F)(F)F. The van der Waals surface area contributed by atoms with Crippen molar-refractivity contribution in [3.8, 4) is 0 Å². The summed E-state index contributed by atoms with van der Waals surface area (Å²) in [6.45, 7) is 0. The zero-order valence-electron chi connectivity index (χ0n) is 6.73. The van der Waals surface area contributed by atoms with Crippen molar-refractivity contribution < 1.29 is 18.0 Å². The molecule has 6 heteroatoms. The van der Waals surface area contributed by atoms with Gasteiger partial charge < -0.3 is 5.73 Å². The van der Waals surface area contributed by atoms with Crippen molar-refractivity contribution in [2.75, 3.05) is 5.73 Å². The number of nitrogens with two attached hydrogens (primary N) is 1. The van der Waals surface area contributed by atoms with E-state index in [1.807, 2.05) is 0 Å². The molecule has 0 aliphatic carbocycles. The number of para-hydroxylation sites is 1. The topological polar surface area (TPSA) is 43.1 Å². The van der Waals surface area contributed by atoms with E-state index in [1.54, 1.807) is 0 Å². The number of alkyl halides is 3. The average molecular weight is 224 g/mol. The number of nitrogen functional groups attached to an aromatic ring is 1. The number of rotatable bonds is 1. The molecule has 0 saturated carbocycles. The molecule has 14 heavy (non-hydrogen) atoms. The van der Waals surface area contributed by atoms with Gasteiger partial charge >= 0.3 is 6.18 Å². The predicted octanol–water partition coefficient (Wildman–Crippen LogP) is 2.67. The number of halogens is 4. The van der Waals surface area contributed by atoms with Gasteiger partial charge in [0.05, 0.1) is 16.8 Å². The van der Waals surface area contributed by atoms with Crippen LogP contribution in [-0.4, -0.2) is 5.24 Å². The Kier molecular flexibility index (Phi) is 2.71. The van der Waals surface area contributed by atoms with Gasteiger partial charge in [0.1, 0.15) is 0 Å². The highest BCUT2D eigenvalue weighted by Gasteiger charge is 2.34. The molecule has 0 radical (unpaired) electrons. The number of carbonyl (C=O) groups is 1. The second-order valence-electron chi connectivity index (χ2n) is 2.54. The maximum absolute atomic E-state index is 12.3. The summed E-state index contributed by atoms with van der Waals surface area (Å²) in [4.78, 5) is 10.7. The minimum atomic E-state index is -4.58. The van der Waals surface area contributed by atoms with Crippen LogP contribution >= 0.6 is 11.6 Å². The van der Waals surface area contributed by atoms with E-state index in [1.165, 1.54) is 0 Å². The number of benzene rings is 1. The van der Waals surface area contributed by atoms with Crippen LogP contribution in [0, 0.1) is 0 Å². The molecule has 0 unspecified atom stereocenters. The van der Waals surface area contributed by atoms with Crippen LogP contribution in [0.4, 0.5) is 18.9 Å². The van der Waals surface area contributed by atoms with Crippen molar-refractivity contribution in [1.82, 2.24) is 0 Å². The van der Waals surface area contributed by atoms with E-state index >= 15 is 0 Å². The summed E-state index contributed by atoms with van der Waals surface area (Å²) in [5.74, 6) is 0. The fraction of sp³-hybridized carbons (Fsp3) is 0.125. The van der Waals surface area contributed by atoms with Crippen molar-refractivity contribution in [1.29, 1.82) is 0 Å². The number of hydrogen-bond acceptors (Lipinski definition) is 2. The van der Waals surface area contributed by atoms with Crippen molar-refractivity contribution in [2.45, 2.75) is 6.18 Å². The first-order valence-electron chi connectivity index (χ1n) is 3.49. The fourth-order valence-electron chi connectivity index (χ4n) is 0.984. The van der Waals surface area contributed by atoms with Crippen LogP contribution in [0.15, 0.2) is 18.2 Å². The molecule has 0 bridgehead atoms. The molecule has 1 aromatic carbocycles. The molecule has 0 aliphatic rings. The van der Waals surface area contributed by atoms with Crippen LogP contribution in [0.3, 0.4) is 0 Å². The molecule has 0 aliphatic heterocycles. The lowest BCUT2D eigenvalue weighted by molar-refractivity contribution is -0.136. The minimum Gasteiger partial charge on any atom is -0.398 e. The van der Waals surface area contributed by atoms with Gasteiger partial charge in [-0.05, 0) is 23.7 Å². The summed E-state index contributed by atoms with van der Waals surface area (Å²) < 4.78 is 36.8. The Hall–Kier alpha value is -1.23. The third-order valence-electron chi connectivity index (χ3n) is 1.62. The Balaban J connectivity index is 3.35. The normalized spacial score (nSPS) is 11.4. The van der Waals surface area contributed by atoms with Gasteiger partial charge in [-0.3, -0.25) is 4.79 Å². The average Bonchev–Trinajstić information content (AvgIpc) is 2.01. The summed E-state index contributed by atoms with van der Waals surface area (Å²) in [7, 11) is 0. The van der Waals surface area contributed by atoms with E-state index in [2.05, 4.69) is 0 Å². The van der Waals surface area contributed by atoms with Crippen molar-refractivity contribution in [3.63, 3.8) is 0 Å². The zero-order chi connectivity index (χ0) is 10.9. The summed E-state index contributed by atoms with van der Waals surface area (Å²) >= 11 is 5.04. The lowest BCUT2D eigenvalue weighted by Crippen LogP contribution is -2.11. The van der Waals surface area contributed by atoms with Gasteiger partial charge in [0, 0.05) is 0 Å². The van der Waals surface area contributed by atoms with Gasteiger partial charge in [-0.25, -0.2) is 0 Å². The lowest BCUT2D eigenvalue weighted by atomic mass is 10.1. The molecule has 0 spiro atoms. The van der Waals surface area contributed by atoms with Crippen LogP contribution in [0.2, 0.25) is 0 Å².